The molecule has 0 aromatic carbocycles. The number of phosphoric acid groups is 2. The Balaban J connectivity index is 5.26. The Kier molecular flexibility index (Phi) is 76.9. The molecule has 0 heterocycles. The van der Waals surface area contributed by atoms with E-state index in [0.717, 1.165) is 102 Å². The summed E-state index contributed by atoms with van der Waals surface area (Å²) in [6.07, 6.45) is 70.7. The maximum atomic E-state index is 13.2. The van der Waals surface area contributed by atoms with Crippen LogP contribution in [0.1, 0.15) is 465 Å². The summed E-state index contributed by atoms with van der Waals surface area (Å²) in [7, 11) is -9.93. The van der Waals surface area contributed by atoms with Crippen molar-refractivity contribution in [2.45, 2.75) is 484 Å². The fourth-order valence-electron chi connectivity index (χ4n) is 13.6. The third-order valence-corrected chi connectivity index (χ3v) is 22.7. The number of carbonyl (C=O) groups excluding carboxylic acids is 4. The summed E-state index contributed by atoms with van der Waals surface area (Å²) >= 11 is 0. The summed E-state index contributed by atoms with van der Waals surface area (Å²) in [5.74, 6) is -0.513. The van der Waals surface area contributed by atoms with Gasteiger partial charge in [-0.2, -0.15) is 0 Å². The number of hydrogen-bond donors (Lipinski definition) is 3. The van der Waals surface area contributed by atoms with E-state index in [-0.39, 0.29) is 25.7 Å². The van der Waals surface area contributed by atoms with Gasteiger partial charge >= 0.3 is 39.5 Å². The quantitative estimate of drug-likeness (QED) is 0.0222. The Morgan fingerprint density at radius 3 is 0.717 bits per heavy atom. The molecular weight excluding hydrogens is 1380 g/mol. The van der Waals surface area contributed by atoms with Crippen molar-refractivity contribution >= 4 is 39.5 Å². The lowest BCUT2D eigenvalue weighted by Gasteiger charge is -2.21. The molecule has 3 N–H and O–H groups in total. The van der Waals surface area contributed by atoms with E-state index in [9.17, 15) is 43.2 Å². The Morgan fingerprint density at radius 2 is 0.481 bits per heavy atom. The van der Waals surface area contributed by atoms with Crippen molar-refractivity contribution in [2.75, 3.05) is 39.6 Å². The summed E-state index contributed by atoms with van der Waals surface area (Å²) in [6.45, 7) is 9.72. The highest BCUT2D eigenvalue weighted by Crippen LogP contribution is 2.45. The second-order valence-electron chi connectivity index (χ2n) is 32.0. The van der Waals surface area contributed by atoms with Gasteiger partial charge in [0.05, 0.1) is 26.4 Å². The number of phosphoric ester groups is 2. The molecule has 0 rings (SSSR count). The topological polar surface area (TPSA) is 237 Å². The first-order valence-corrected chi connectivity index (χ1v) is 48.0. The first-order chi connectivity index (χ1) is 51.4. The molecule has 0 saturated heterocycles. The average Bonchev–Trinajstić information content (AvgIpc) is 0.906. The van der Waals surface area contributed by atoms with Gasteiger partial charge in [0, 0.05) is 25.7 Å². The van der Waals surface area contributed by atoms with Crippen molar-refractivity contribution in [1.82, 2.24) is 0 Å². The molecule has 0 aromatic rings. The zero-order valence-corrected chi connectivity index (χ0v) is 71.5. The standard InChI is InChI=1S/C87H170O17P2/c1-7-10-12-14-16-18-20-22-24-26-28-32-36-40-44-51-57-63-69-84(89)97-75-82(103-86(91)71-66-60-54-46-42-38-34-30-29-31-35-39-43-49-55-61-67-79(4)5)77-101-105(93,94)99-73-81(88)74-100-106(95,96)102-78-83(76-98-85(90)70-64-58-52-48-47-50-56-62-68-80(6)9-3)104-87(92)72-65-59-53-45-41-37-33-27-25-23-21-19-17-15-13-11-8-2/h79-83,88H,7-78H2,1-6H3,(H,93,94)(H,95,96)/t80?,81-,82-,83-/m1/s1. The molecule has 3 unspecified atom stereocenters. The number of ether oxygens (including phenoxy) is 4. The van der Waals surface area contributed by atoms with Crippen LogP contribution < -0.4 is 0 Å². The normalized spacial score (nSPS) is 14.1. The molecule has 0 amide bonds. The molecule has 0 aromatic heterocycles. The Bertz CT molecular complexity index is 2030. The fraction of sp³-hybridized carbons (Fsp3) is 0.954. The SMILES string of the molecule is CCCCCCCCCCCCCCCCCCCCC(=O)OC[C@H](COP(=O)(O)OC[C@@H](O)COP(=O)(O)OC[C@@H](COC(=O)CCCCCCCCCCC(C)CC)OC(=O)CCCCCCCCCCCCCCCCCCC)OC(=O)CCCCCCCCCCCCCCCCCCC(C)C. The molecule has 0 radical (unpaired) electrons. The second-order valence-corrected chi connectivity index (χ2v) is 34.9. The molecular formula is C87H170O17P2. The zero-order chi connectivity index (χ0) is 77.8. The van der Waals surface area contributed by atoms with E-state index in [4.69, 9.17) is 37.0 Å². The van der Waals surface area contributed by atoms with E-state index < -0.39 is 97.5 Å². The van der Waals surface area contributed by atoms with Crippen molar-refractivity contribution in [2.24, 2.45) is 11.8 Å². The molecule has 6 atom stereocenters. The predicted octanol–water partition coefficient (Wildman–Crippen LogP) is 26.6. The number of aliphatic hydroxyl groups is 1. The van der Waals surface area contributed by atoms with Gasteiger partial charge in [-0.15, -0.1) is 0 Å². The van der Waals surface area contributed by atoms with Crippen molar-refractivity contribution in [3.05, 3.63) is 0 Å². The van der Waals surface area contributed by atoms with Crippen LogP contribution in [-0.2, 0) is 65.4 Å². The number of rotatable bonds is 86. The molecule has 0 fully saturated rings. The molecule has 0 saturated carbocycles. The summed E-state index contributed by atoms with van der Waals surface area (Å²) in [5, 5.41) is 10.7. The summed E-state index contributed by atoms with van der Waals surface area (Å²) in [5.41, 5.74) is 0. The van der Waals surface area contributed by atoms with Gasteiger partial charge in [-0.25, -0.2) is 9.13 Å². The lowest BCUT2D eigenvalue weighted by Crippen LogP contribution is -2.30. The van der Waals surface area contributed by atoms with Gasteiger partial charge in [0.2, 0.25) is 0 Å². The van der Waals surface area contributed by atoms with E-state index in [1.165, 1.54) is 283 Å². The van der Waals surface area contributed by atoms with Gasteiger partial charge in [0.15, 0.2) is 12.2 Å². The lowest BCUT2D eigenvalue weighted by atomic mass is 9.99. The van der Waals surface area contributed by atoms with Crippen LogP contribution in [0.3, 0.4) is 0 Å². The second kappa shape index (κ2) is 78.3. The first kappa shape index (κ1) is 104. The number of unbranched alkanes of at least 4 members (excludes halogenated alkanes) is 55. The lowest BCUT2D eigenvalue weighted by molar-refractivity contribution is -0.161. The van der Waals surface area contributed by atoms with Crippen LogP contribution in [0.4, 0.5) is 0 Å². The molecule has 19 heteroatoms. The predicted molar refractivity (Wildman–Crippen MR) is 437 cm³/mol. The van der Waals surface area contributed by atoms with Crippen molar-refractivity contribution in [1.29, 1.82) is 0 Å². The maximum Gasteiger partial charge on any atom is 0.472 e. The number of carbonyl (C=O) groups is 4. The van der Waals surface area contributed by atoms with Gasteiger partial charge in [-0.3, -0.25) is 37.3 Å². The highest BCUT2D eigenvalue weighted by Gasteiger charge is 2.30. The molecule has 0 aliphatic heterocycles. The van der Waals surface area contributed by atoms with Crippen molar-refractivity contribution < 1.29 is 80.2 Å². The fourth-order valence-corrected chi connectivity index (χ4v) is 15.1. The van der Waals surface area contributed by atoms with Gasteiger partial charge < -0.3 is 33.8 Å². The molecule has 17 nitrogen and oxygen atoms in total. The van der Waals surface area contributed by atoms with E-state index in [0.29, 0.717) is 25.7 Å². The summed E-state index contributed by atoms with van der Waals surface area (Å²) in [6, 6.07) is 0. The Labute approximate surface area is 651 Å². The van der Waals surface area contributed by atoms with E-state index in [1.807, 2.05) is 0 Å². The van der Waals surface area contributed by atoms with Crippen LogP contribution in [0.25, 0.3) is 0 Å². The molecule has 0 bridgehead atoms. The smallest absolute Gasteiger partial charge is 0.462 e. The summed E-state index contributed by atoms with van der Waals surface area (Å²) < 4.78 is 69.0. The monoisotopic (exact) mass is 1550 g/mol. The minimum Gasteiger partial charge on any atom is -0.462 e. The average molecular weight is 1550 g/mol. The highest BCUT2D eigenvalue weighted by molar-refractivity contribution is 7.47. The van der Waals surface area contributed by atoms with E-state index in [1.54, 1.807) is 0 Å². The van der Waals surface area contributed by atoms with E-state index >= 15 is 0 Å². The molecule has 0 spiro atoms. The Morgan fingerprint density at radius 1 is 0.274 bits per heavy atom. The minimum atomic E-state index is -4.97. The van der Waals surface area contributed by atoms with Crippen LogP contribution in [0, 0.1) is 11.8 Å². The number of aliphatic hydroxyl groups excluding tert-OH is 1. The first-order valence-electron chi connectivity index (χ1n) is 45.0. The third kappa shape index (κ3) is 78.7. The van der Waals surface area contributed by atoms with Crippen LogP contribution in [0.15, 0.2) is 0 Å². The molecule has 0 aliphatic rings. The third-order valence-electron chi connectivity index (χ3n) is 20.8. The van der Waals surface area contributed by atoms with Crippen LogP contribution in [0.2, 0.25) is 0 Å². The van der Waals surface area contributed by atoms with E-state index in [2.05, 4.69) is 41.5 Å². The van der Waals surface area contributed by atoms with Gasteiger partial charge in [-0.1, -0.05) is 414 Å². The maximum absolute atomic E-state index is 13.2. The van der Waals surface area contributed by atoms with Crippen LogP contribution in [-0.4, -0.2) is 96.7 Å². The Hall–Kier alpha value is -1.94. The van der Waals surface area contributed by atoms with Gasteiger partial charge in [0.1, 0.15) is 19.3 Å². The molecule has 630 valence electrons. The molecule has 106 heavy (non-hydrogen) atoms. The van der Waals surface area contributed by atoms with Crippen LogP contribution >= 0.6 is 15.6 Å². The largest absolute Gasteiger partial charge is 0.472 e. The van der Waals surface area contributed by atoms with Crippen molar-refractivity contribution in [3.63, 3.8) is 0 Å². The van der Waals surface area contributed by atoms with Crippen molar-refractivity contribution in [3.8, 4) is 0 Å². The zero-order valence-electron chi connectivity index (χ0n) is 69.7. The highest BCUT2D eigenvalue weighted by atomic mass is 31.2. The van der Waals surface area contributed by atoms with Gasteiger partial charge in [-0.05, 0) is 37.5 Å². The summed E-state index contributed by atoms with van der Waals surface area (Å²) in [4.78, 5) is 73.3. The number of esters is 4. The minimum absolute atomic E-state index is 0.108. The molecule has 0 aliphatic carbocycles. The van der Waals surface area contributed by atoms with Crippen LogP contribution in [0.5, 0.6) is 0 Å². The number of hydrogen-bond acceptors (Lipinski definition) is 15. The van der Waals surface area contributed by atoms with Gasteiger partial charge in [0.25, 0.3) is 0 Å².